The van der Waals surface area contributed by atoms with Crippen LogP contribution in [0.15, 0.2) is 36.4 Å². The molecule has 22 heavy (non-hydrogen) atoms. The molecule has 0 bridgehead atoms. The van der Waals surface area contributed by atoms with E-state index in [1.807, 2.05) is 48.6 Å². The fourth-order valence-electron chi connectivity index (χ4n) is 2.23. The van der Waals surface area contributed by atoms with E-state index in [1.54, 1.807) is 28.4 Å². The van der Waals surface area contributed by atoms with Crippen molar-refractivity contribution in [1.82, 2.24) is 0 Å². The summed E-state index contributed by atoms with van der Waals surface area (Å²) in [6.07, 6.45) is 3.96. The molecule has 116 valence electrons. The van der Waals surface area contributed by atoms with Gasteiger partial charge in [-0.15, -0.1) is 0 Å². The normalized spacial score (nSPS) is 10.5. The minimum atomic E-state index is 0.511. The highest BCUT2D eigenvalue weighted by atomic mass is 16.5. The zero-order valence-electron chi connectivity index (χ0n) is 13.3. The fourth-order valence-corrected chi connectivity index (χ4v) is 2.23. The van der Waals surface area contributed by atoms with Gasteiger partial charge in [-0.05, 0) is 11.6 Å². The lowest BCUT2D eigenvalue weighted by Gasteiger charge is -2.17. The van der Waals surface area contributed by atoms with Crippen LogP contribution in [0.3, 0.4) is 0 Å². The summed E-state index contributed by atoms with van der Waals surface area (Å²) in [5.41, 5.74) is 1.94. The van der Waals surface area contributed by atoms with Crippen molar-refractivity contribution in [3.05, 3.63) is 47.5 Å². The highest BCUT2D eigenvalue weighted by Gasteiger charge is 2.20. The van der Waals surface area contributed by atoms with E-state index in [2.05, 4.69) is 0 Å². The predicted molar refractivity (Wildman–Crippen MR) is 88.0 cm³/mol. The third-order valence-corrected chi connectivity index (χ3v) is 3.27. The van der Waals surface area contributed by atoms with E-state index in [0.717, 1.165) is 11.1 Å². The molecule has 2 aromatic rings. The van der Waals surface area contributed by atoms with Gasteiger partial charge in [-0.3, -0.25) is 0 Å². The van der Waals surface area contributed by atoms with Crippen LogP contribution in [-0.2, 0) is 0 Å². The van der Waals surface area contributed by atoms with Crippen molar-refractivity contribution in [2.75, 3.05) is 28.4 Å². The number of hydrogen-bond acceptors (Lipinski definition) is 4. The lowest BCUT2D eigenvalue weighted by atomic mass is 10.1. The van der Waals surface area contributed by atoms with Crippen molar-refractivity contribution >= 4 is 12.2 Å². The SMILES string of the molecule is COc1cc(/C=C\c2ccccc2)c(OC)c(OC)c1OC. The Morgan fingerprint density at radius 3 is 1.86 bits per heavy atom. The second-order valence-electron chi connectivity index (χ2n) is 4.51. The molecule has 0 saturated carbocycles. The Bertz CT molecular complexity index is 648. The third kappa shape index (κ3) is 3.17. The van der Waals surface area contributed by atoms with Crippen molar-refractivity contribution in [2.24, 2.45) is 0 Å². The van der Waals surface area contributed by atoms with Gasteiger partial charge in [0.05, 0.1) is 28.4 Å². The maximum Gasteiger partial charge on any atom is 0.207 e. The molecule has 0 heterocycles. The van der Waals surface area contributed by atoms with Gasteiger partial charge in [0, 0.05) is 5.56 Å². The second-order valence-corrected chi connectivity index (χ2v) is 4.51. The molecule has 4 nitrogen and oxygen atoms in total. The first kappa shape index (κ1) is 15.8. The van der Waals surface area contributed by atoms with E-state index in [9.17, 15) is 0 Å². The van der Waals surface area contributed by atoms with Crippen LogP contribution in [0.1, 0.15) is 11.1 Å². The van der Waals surface area contributed by atoms with Crippen molar-refractivity contribution in [1.29, 1.82) is 0 Å². The molecule has 0 N–H and O–H groups in total. The van der Waals surface area contributed by atoms with Gasteiger partial charge >= 0.3 is 0 Å². The molecule has 0 aromatic heterocycles. The molecule has 0 spiro atoms. The maximum atomic E-state index is 5.49. The zero-order chi connectivity index (χ0) is 15.9. The van der Waals surface area contributed by atoms with Crippen LogP contribution in [0, 0.1) is 0 Å². The molecule has 0 fully saturated rings. The van der Waals surface area contributed by atoms with Gasteiger partial charge in [-0.1, -0.05) is 42.5 Å². The van der Waals surface area contributed by atoms with Crippen molar-refractivity contribution < 1.29 is 18.9 Å². The topological polar surface area (TPSA) is 36.9 Å². The summed E-state index contributed by atoms with van der Waals surface area (Å²) in [5.74, 6) is 2.22. The van der Waals surface area contributed by atoms with E-state index in [0.29, 0.717) is 23.0 Å². The van der Waals surface area contributed by atoms with E-state index >= 15 is 0 Å². The van der Waals surface area contributed by atoms with Crippen LogP contribution in [0.4, 0.5) is 0 Å². The molecule has 0 radical (unpaired) electrons. The predicted octanol–water partition coefficient (Wildman–Crippen LogP) is 3.89. The van der Waals surface area contributed by atoms with Gasteiger partial charge in [0.1, 0.15) is 0 Å². The number of rotatable bonds is 6. The molecule has 0 aliphatic carbocycles. The van der Waals surface area contributed by atoms with Crippen LogP contribution >= 0.6 is 0 Å². The number of benzene rings is 2. The molecule has 0 atom stereocenters. The minimum Gasteiger partial charge on any atom is -0.493 e. The lowest BCUT2D eigenvalue weighted by Crippen LogP contribution is -1.99. The smallest absolute Gasteiger partial charge is 0.207 e. The Balaban J connectivity index is 2.52. The quantitative estimate of drug-likeness (QED) is 0.758. The summed E-state index contributed by atoms with van der Waals surface area (Å²) in [6, 6.07) is 11.9. The molecular weight excluding hydrogens is 280 g/mol. The van der Waals surface area contributed by atoms with Gasteiger partial charge in [0.15, 0.2) is 11.5 Å². The highest BCUT2D eigenvalue weighted by Crippen LogP contribution is 2.47. The molecule has 0 amide bonds. The first-order valence-corrected chi connectivity index (χ1v) is 6.85. The van der Waals surface area contributed by atoms with E-state index in [4.69, 9.17) is 18.9 Å². The summed E-state index contributed by atoms with van der Waals surface area (Å²) >= 11 is 0. The molecule has 0 saturated heterocycles. The van der Waals surface area contributed by atoms with E-state index < -0.39 is 0 Å². The number of hydrogen-bond donors (Lipinski definition) is 0. The Hall–Kier alpha value is -2.62. The van der Waals surface area contributed by atoms with Crippen molar-refractivity contribution in [3.8, 4) is 23.0 Å². The van der Waals surface area contributed by atoms with Gasteiger partial charge in [-0.2, -0.15) is 0 Å². The average molecular weight is 300 g/mol. The zero-order valence-corrected chi connectivity index (χ0v) is 13.3. The van der Waals surface area contributed by atoms with Gasteiger partial charge < -0.3 is 18.9 Å². The summed E-state index contributed by atoms with van der Waals surface area (Å²) in [7, 11) is 6.34. The molecule has 0 unspecified atom stereocenters. The standard InChI is InChI=1S/C18H20O4/c1-19-15-12-14(11-10-13-8-6-5-7-9-13)16(20-2)18(22-4)17(15)21-3/h5-12H,1-4H3/b11-10-. The Labute approximate surface area is 130 Å². The van der Waals surface area contributed by atoms with Crippen LogP contribution in [0.5, 0.6) is 23.0 Å². The molecule has 0 aliphatic heterocycles. The number of ether oxygens (including phenoxy) is 4. The van der Waals surface area contributed by atoms with E-state index in [-0.39, 0.29) is 0 Å². The Kier molecular flexibility index (Phi) is 5.31. The Morgan fingerprint density at radius 2 is 1.32 bits per heavy atom. The minimum absolute atomic E-state index is 0.511. The third-order valence-electron chi connectivity index (χ3n) is 3.27. The first-order chi connectivity index (χ1) is 10.7. The van der Waals surface area contributed by atoms with Crippen LogP contribution in [0.25, 0.3) is 12.2 Å². The van der Waals surface area contributed by atoms with Crippen molar-refractivity contribution in [2.45, 2.75) is 0 Å². The largest absolute Gasteiger partial charge is 0.493 e. The Morgan fingerprint density at radius 1 is 0.682 bits per heavy atom. The van der Waals surface area contributed by atoms with E-state index in [1.165, 1.54) is 0 Å². The summed E-state index contributed by atoms with van der Waals surface area (Å²) in [4.78, 5) is 0. The van der Waals surface area contributed by atoms with Crippen LogP contribution in [0.2, 0.25) is 0 Å². The molecule has 4 heteroatoms. The highest BCUT2D eigenvalue weighted by molar-refractivity contribution is 5.78. The number of methoxy groups -OCH3 is 4. The van der Waals surface area contributed by atoms with Gasteiger partial charge in [-0.25, -0.2) is 0 Å². The van der Waals surface area contributed by atoms with Crippen molar-refractivity contribution in [3.63, 3.8) is 0 Å². The molecule has 2 rings (SSSR count). The lowest BCUT2D eigenvalue weighted by molar-refractivity contribution is 0.305. The van der Waals surface area contributed by atoms with Crippen LogP contribution in [-0.4, -0.2) is 28.4 Å². The molecule has 0 aliphatic rings. The fraction of sp³-hybridized carbons (Fsp3) is 0.222. The summed E-state index contributed by atoms with van der Waals surface area (Å²) in [6.45, 7) is 0. The van der Waals surface area contributed by atoms with Crippen LogP contribution < -0.4 is 18.9 Å². The molecular formula is C18H20O4. The van der Waals surface area contributed by atoms with Gasteiger partial charge in [0.25, 0.3) is 0 Å². The average Bonchev–Trinajstić information content (AvgIpc) is 2.58. The second kappa shape index (κ2) is 7.41. The molecule has 2 aromatic carbocycles. The first-order valence-electron chi connectivity index (χ1n) is 6.85. The maximum absolute atomic E-state index is 5.49. The van der Waals surface area contributed by atoms with Gasteiger partial charge in [0.2, 0.25) is 11.5 Å². The summed E-state index contributed by atoms with van der Waals surface area (Å²) < 4.78 is 21.7. The summed E-state index contributed by atoms with van der Waals surface area (Å²) in [5, 5.41) is 0. The monoisotopic (exact) mass is 300 g/mol.